The molecule has 3 aliphatic rings. The Labute approximate surface area is 242 Å². The Hall–Kier alpha value is -4.75. The van der Waals surface area contributed by atoms with Crippen LogP contribution in [0.25, 0.3) is 0 Å². The van der Waals surface area contributed by atoms with Crippen LogP contribution in [0.1, 0.15) is 45.5 Å². The lowest BCUT2D eigenvalue weighted by Crippen LogP contribution is -2.52. The second-order valence-electron chi connectivity index (χ2n) is 10.8. The third-order valence-corrected chi connectivity index (χ3v) is 8.16. The summed E-state index contributed by atoms with van der Waals surface area (Å²) in [5, 5.41) is 14.8. The highest BCUT2D eigenvalue weighted by Gasteiger charge is 2.40. The molecule has 42 heavy (non-hydrogen) atoms. The minimum absolute atomic E-state index is 0.0556. The minimum Gasteiger partial charge on any atom is -0.489 e. The van der Waals surface area contributed by atoms with Crippen LogP contribution in [0.3, 0.4) is 0 Å². The number of nitriles is 1. The molecular formula is C32H30FN5O4. The maximum Gasteiger partial charge on any atom is 0.255 e. The molecule has 10 heteroatoms. The van der Waals surface area contributed by atoms with Crippen molar-refractivity contribution >= 4 is 23.4 Å². The van der Waals surface area contributed by atoms with Gasteiger partial charge in [0, 0.05) is 43.2 Å². The molecule has 2 N–H and O–H groups in total. The van der Waals surface area contributed by atoms with Crippen LogP contribution in [0.4, 0.5) is 10.1 Å². The average Bonchev–Trinajstić information content (AvgIpc) is 3.33. The summed E-state index contributed by atoms with van der Waals surface area (Å²) in [7, 11) is 0. The number of hydrogen-bond donors (Lipinski definition) is 2. The van der Waals surface area contributed by atoms with Crippen LogP contribution in [0.15, 0.2) is 60.7 Å². The summed E-state index contributed by atoms with van der Waals surface area (Å²) in [6, 6.07) is 19.4. The van der Waals surface area contributed by atoms with Crippen LogP contribution in [-0.2, 0) is 29.2 Å². The molecule has 2 atom stereocenters. The van der Waals surface area contributed by atoms with E-state index in [2.05, 4.69) is 15.5 Å². The Morgan fingerprint density at radius 2 is 1.83 bits per heavy atom. The Morgan fingerprint density at radius 1 is 1.02 bits per heavy atom. The number of hydrogen-bond acceptors (Lipinski definition) is 7. The zero-order valence-corrected chi connectivity index (χ0v) is 22.9. The van der Waals surface area contributed by atoms with Gasteiger partial charge in [0.2, 0.25) is 11.8 Å². The SMILES string of the molecule is N#Cc1ccc(N2CCNCC2Cc2ccc(COc3cccc4c3CN(C3CCC(=O)NC3=O)C4=O)cc2)c(F)c1. The topological polar surface area (TPSA) is 115 Å². The number of nitrogens with one attached hydrogen (secondary N) is 2. The molecule has 0 saturated carbocycles. The van der Waals surface area contributed by atoms with Gasteiger partial charge in [-0.3, -0.25) is 19.7 Å². The molecule has 0 bridgehead atoms. The van der Waals surface area contributed by atoms with Crippen molar-refractivity contribution in [3.8, 4) is 11.8 Å². The predicted octanol–water partition coefficient (Wildman–Crippen LogP) is 3.06. The third-order valence-electron chi connectivity index (χ3n) is 8.16. The van der Waals surface area contributed by atoms with Crippen LogP contribution >= 0.6 is 0 Å². The minimum atomic E-state index is -0.674. The number of rotatable bonds is 7. The lowest BCUT2D eigenvalue weighted by molar-refractivity contribution is -0.136. The van der Waals surface area contributed by atoms with Gasteiger partial charge in [-0.05, 0) is 54.3 Å². The molecule has 3 aromatic carbocycles. The molecule has 2 fully saturated rings. The molecule has 0 aliphatic carbocycles. The van der Waals surface area contributed by atoms with E-state index in [4.69, 9.17) is 10.00 Å². The number of imide groups is 1. The van der Waals surface area contributed by atoms with E-state index in [1.807, 2.05) is 36.4 Å². The molecule has 214 valence electrons. The second kappa shape index (κ2) is 11.6. The number of halogens is 1. The van der Waals surface area contributed by atoms with Gasteiger partial charge in [-0.1, -0.05) is 30.3 Å². The summed E-state index contributed by atoms with van der Waals surface area (Å²) in [6.07, 6.45) is 1.24. The number of amides is 3. The maximum atomic E-state index is 14.8. The fourth-order valence-corrected chi connectivity index (χ4v) is 5.97. The largest absolute Gasteiger partial charge is 0.489 e. The molecule has 3 aliphatic heterocycles. The first kappa shape index (κ1) is 27.4. The number of piperidine rings is 1. The molecule has 0 radical (unpaired) electrons. The molecule has 2 saturated heterocycles. The lowest BCUT2D eigenvalue weighted by Gasteiger charge is -2.38. The Balaban J connectivity index is 1.10. The van der Waals surface area contributed by atoms with E-state index in [9.17, 15) is 18.8 Å². The van der Waals surface area contributed by atoms with E-state index >= 15 is 0 Å². The van der Waals surface area contributed by atoms with Crippen molar-refractivity contribution in [3.63, 3.8) is 0 Å². The summed E-state index contributed by atoms with van der Waals surface area (Å²) < 4.78 is 20.9. The van der Waals surface area contributed by atoms with Gasteiger partial charge >= 0.3 is 0 Å². The Morgan fingerprint density at radius 3 is 2.60 bits per heavy atom. The number of carbonyl (C=O) groups excluding carboxylic acids is 3. The van der Waals surface area contributed by atoms with Crippen molar-refractivity contribution in [1.82, 2.24) is 15.5 Å². The van der Waals surface area contributed by atoms with Crippen molar-refractivity contribution in [3.05, 3.63) is 94.3 Å². The van der Waals surface area contributed by atoms with Gasteiger partial charge in [0.25, 0.3) is 5.91 Å². The van der Waals surface area contributed by atoms with Crippen LogP contribution in [-0.4, -0.2) is 54.3 Å². The molecule has 0 aromatic heterocycles. The molecular weight excluding hydrogens is 537 g/mol. The van der Waals surface area contributed by atoms with Crippen molar-refractivity contribution in [1.29, 1.82) is 5.26 Å². The highest BCUT2D eigenvalue weighted by Crippen LogP contribution is 2.34. The van der Waals surface area contributed by atoms with Gasteiger partial charge in [0.05, 0.1) is 23.9 Å². The molecule has 3 heterocycles. The summed E-state index contributed by atoms with van der Waals surface area (Å²) in [6.45, 7) is 2.70. The number of ether oxygens (including phenoxy) is 1. The molecule has 3 aromatic rings. The fourth-order valence-electron chi connectivity index (χ4n) is 5.97. The highest BCUT2D eigenvalue weighted by atomic mass is 19.1. The van der Waals surface area contributed by atoms with Gasteiger partial charge < -0.3 is 19.9 Å². The number of piperazine rings is 1. The van der Waals surface area contributed by atoms with Crippen LogP contribution < -0.4 is 20.3 Å². The first-order valence-electron chi connectivity index (χ1n) is 14.1. The van der Waals surface area contributed by atoms with Crippen molar-refractivity contribution in [2.45, 2.75) is 44.5 Å². The Kier molecular flexibility index (Phi) is 7.59. The quantitative estimate of drug-likeness (QED) is 0.422. The Bertz CT molecular complexity index is 1580. The first-order chi connectivity index (χ1) is 20.4. The van der Waals surface area contributed by atoms with Crippen molar-refractivity contribution in [2.24, 2.45) is 0 Å². The standard InChI is InChI=1S/C32H30FN5O4/c33-26-15-22(16-34)8-9-27(26)37-13-12-35-17-23(37)14-20-4-6-21(7-5-20)19-42-29-3-1-2-24-25(29)18-38(32(24)41)28-10-11-30(39)36-31(28)40/h1-9,15,23,28,35H,10-14,17-19H2,(H,36,39,40). The first-order valence-corrected chi connectivity index (χ1v) is 14.1. The van der Waals surface area contributed by atoms with Gasteiger partial charge in [0.15, 0.2) is 0 Å². The molecule has 0 spiro atoms. The highest BCUT2D eigenvalue weighted by molar-refractivity contribution is 6.05. The van der Waals surface area contributed by atoms with Crippen molar-refractivity contribution in [2.75, 3.05) is 24.5 Å². The molecule has 3 amide bonds. The average molecular weight is 568 g/mol. The maximum absolute atomic E-state index is 14.8. The monoisotopic (exact) mass is 567 g/mol. The summed E-state index contributed by atoms with van der Waals surface area (Å²) in [5.41, 5.74) is 4.13. The number of nitrogens with zero attached hydrogens (tertiary/aromatic N) is 3. The second-order valence-corrected chi connectivity index (χ2v) is 10.8. The normalized spacial score (nSPS) is 20.2. The van der Waals surface area contributed by atoms with E-state index in [1.54, 1.807) is 24.3 Å². The molecule has 9 nitrogen and oxygen atoms in total. The molecule has 2 unspecified atom stereocenters. The predicted molar refractivity (Wildman–Crippen MR) is 152 cm³/mol. The van der Waals surface area contributed by atoms with Gasteiger partial charge in [0.1, 0.15) is 24.2 Å². The van der Waals surface area contributed by atoms with E-state index in [1.165, 1.54) is 11.0 Å². The van der Waals surface area contributed by atoms with Crippen LogP contribution in [0.2, 0.25) is 0 Å². The lowest BCUT2D eigenvalue weighted by atomic mass is 10.0. The summed E-state index contributed by atoms with van der Waals surface area (Å²) >= 11 is 0. The summed E-state index contributed by atoms with van der Waals surface area (Å²) in [4.78, 5) is 40.6. The van der Waals surface area contributed by atoms with E-state index in [0.29, 0.717) is 42.1 Å². The van der Waals surface area contributed by atoms with Crippen molar-refractivity contribution < 1.29 is 23.5 Å². The van der Waals surface area contributed by atoms with Crippen LogP contribution in [0.5, 0.6) is 5.75 Å². The van der Waals surface area contributed by atoms with Gasteiger partial charge in [-0.2, -0.15) is 5.26 Å². The summed E-state index contributed by atoms with van der Waals surface area (Å²) in [5.74, 6) is -0.787. The third kappa shape index (κ3) is 5.43. The smallest absolute Gasteiger partial charge is 0.255 e. The number of benzene rings is 3. The van der Waals surface area contributed by atoms with E-state index < -0.39 is 11.9 Å². The number of anilines is 1. The van der Waals surface area contributed by atoms with Gasteiger partial charge in [-0.25, -0.2) is 4.39 Å². The van der Waals surface area contributed by atoms with Gasteiger partial charge in [-0.15, -0.1) is 0 Å². The fraction of sp³-hybridized carbons (Fsp3) is 0.312. The number of carbonyl (C=O) groups is 3. The zero-order chi connectivity index (χ0) is 29.2. The zero-order valence-electron chi connectivity index (χ0n) is 22.9. The number of fused-ring (bicyclic) bond motifs is 1. The molecule has 6 rings (SSSR count). The van der Waals surface area contributed by atoms with E-state index in [-0.39, 0.29) is 36.6 Å². The van der Waals surface area contributed by atoms with E-state index in [0.717, 1.165) is 36.2 Å². The van der Waals surface area contributed by atoms with Crippen LogP contribution in [0, 0.1) is 17.1 Å².